The van der Waals surface area contributed by atoms with Crippen LogP contribution in [0.4, 0.5) is 0 Å². The number of aliphatic hydroxyl groups is 7. The summed E-state index contributed by atoms with van der Waals surface area (Å²) >= 11 is 0. The van der Waals surface area contributed by atoms with Crippen molar-refractivity contribution >= 4 is 0 Å². The lowest BCUT2D eigenvalue weighted by Gasteiger charge is -2.38. The smallest absolute Gasteiger partial charge is 0.186 e. The van der Waals surface area contributed by atoms with Crippen LogP contribution >= 0.6 is 0 Å². The Bertz CT molecular complexity index is 341. The molecule has 10 heteroatoms. The zero-order valence-corrected chi connectivity index (χ0v) is 11.0. The topological polar surface area (TPSA) is 169 Å². The van der Waals surface area contributed by atoms with Crippen LogP contribution in [0.2, 0.25) is 0 Å². The second kappa shape index (κ2) is 6.79. The quantitative estimate of drug-likeness (QED) is 0.267. The van der Waals surface area contributed by atoms with Gasteiger partial charge in [0.05, 0.1) is 13.2 Å². The van der Waals surface area contributed by atoms with Crippen LogP contribution in [0.3, 0.4) is 0 Å². The van der Waals surface area contributed by atoms with Crippen LogP contribution in [0.25, 0.3) is 0 Å². The molecule has 0 saturated carbocycles. The molecule has 0 bridgehead atoms. The van der Waals surface area contributed by atoms with E-state index >= 15 is 0 Å². The SMILES string of the molecule is OC[C@@H]1O[C@@H](OC[C@H]2O[C@@H](O)[C@H](O)[C@@H](O)[C@H]2O)[C@H](O)[C@H]1O. The van der Waals surface area contributed by atoms with E-state index in [2.05, 4.69) is 0 Å². The van der Waals surface area contributed by atoms with Crippen LogP contribution in [-0.4, -0.2) is 104 Å². The average Bonchev–Trinajstić information content (AvgIpc) is 2.75. The molecular weight excluding hydrogens is 292 g/mol. The summed E-state index contributed by atoms with van der Waals surface area (Å²) in [5.41, 5.74) is 0. The van der Waals surface area contributed by atoms with Crippen molar-refractivity contribution in [3.05, 3.63) is 0 Å². The van der Waals surface area contributed by atoms with Gasteiger partial charge in [0, 0.05) is 0 Å². The molecular formula is C11H20O10. The van der Waals surface area contributed by atoms with Crippen LogP contribution in [0, 0.1) is 0 Å². The van der Waals surface area contributed by atoms with Crippen molar-refractivity contribution in [1.82, 2.24) is 0 Å². The molecule has 2 heterocycles. The maximum atomic E-state index is 9.70. The first-order chi connectivity index (χ1) is 9.86. The van der Waals surface area contributed by atoms with Gasteiger partial charge in [-0.05, 0) is 0 Å². The predicted molar refractivity (Wildman–Crippen MR) is 62.6 cm³/mol. The minimum atomic E-state index is -1.69. The van der Waals surface area contributed by atoms with Crippen molar-refractivity contribution in [2.75, 3.05) is 13.2 Å². The van der Waals surface area contributed by atoms with Crippen molar-refractivity contribution in [2.24, 2.45) is 0 Å². The van der Waals surface area contributed by atoms with Crippen LogP contribution in [0.15, 0.2) is 0 Å². The van der Waals surface area contributed by atoms with Crippen molar-refractivity contribution in [2.45, 2.75) is 55.3 Å². The third-order valence-corrected chi connectivity index (χ3v) is 3.61. The fourth-order valence-electron chi connectivity index (χ4n) is 2.26. The van der Waals surface area contributed by atoms with E-state index in [1.807, 2.05) is 0 Å². The van der Waals surface area contributed by atoms with E-state index in [1.165, 1.54) is 0 Å². The summed E-state index contributed by atoms with van der Waals surface area (Å²) in [4.78, 5) is 0. The Morgan fingerprint density at radius 1 is 0.714 bits per heavy atom. The minimum absolute atomic E-state index is 0.380. The van der Waals surface area contributed by atoms with Gasteiger partial charge < -0.3 is 50.0 Å². The lowest BCUT2D eigenvalue weighted by atomic mass is 9.99. The van der Waals surface area contributed by atoms with E-state index < -0.39 is 61.9 Å². The molecule has 2 fully saturated rings. The van der Waals surface area contributed by atoms with E-state index in [4.69, 9.17) is 19.3 Å². The van der Waals surface area contributed by atoms with Crippen LogP contribution in [-0.2, 0) is 14.2 Å². The molecule has 0 radical (unpaired) electrons. The van der Waals surface area contributed by atoms with Gasteiger partial charge in [-0.15, -0.1) is 0 Å². The number of hydrogen-bond donors (Lipinski definition) is 7. The number of rotatable bonds is 4. The van der Waals surface area contributed by atoms with Gasteiger partial charge in [-0.3, -0.25) is 0 Å². The predicted octanol–water partition coefficient (Wildman–Crippen LogP) is -4.76. The van der Waals surface area contributed by atoms with Gasteiger partial charge in [-0.1, -0.05) is 0 Å². The van der Waals surface area contributed by atoms with Crippen molar-refractivity contribution in [3.8, 4) is 0 Å². The molecule has 9 atom stereocenters. The third-order valence-electron chi connectivity index (χ3n) is 3.61. The zero-order chi connectivity index (χ0) is 15.7. The Morgan fingerprint density at radius 2 is 1.33 bits per heavy atom. The average molecular weight is 312 g/mol. The molecule has 124 valence electrons. The molecule has 0 aliphatic carbocycles. The van der Waals surface area contributed by atoms with Gasteiger partial charge >= 0.3 is 0 Å². The Balaban J connectivity index is 1.88. The highest BCUT2D eigenvalue weighted by atomic mass is 16.7. The first-order valence-corrected chi connectivity index (χ1v) is 6.48. The molecule has 0 aromatic carbocycles. The molecule has 21 heavy (non-hydrogen) atoms. The maximum absolute atomic E-state index is 9.70. The fraction of sp³-hybridized carbons (Fsp3) is 1.00. The van der Waals surface area contributed by atoms with E-state index in [-0.39, 0.29) is 6.61 Å². The Morgan fingerprint density at radius 3 is 1.90 bits per heavy atom. The van der Waals surface area contributed by atoms with Gasteiger partial charge in [0.1, 0.15) is 42.7 Å². The molecule has 7 N–H and O–H groups in total. The van der Waals surface area contributed by atoms with Gasteiger partial charge in [0.2, 0.25) is 0 Å². The summed E-state index contributed by atoms with van der Waals surface area (Å²) in [6, 6.07) is 0. The highest BCUT2D eigenvalue weighted by molar-refractivity contribution is 4.90. The Kier molecular flexibility index (Phi) is 5.48. The van der Waals surface area contributed by atoms with E-state index in [0.29, 0.717) is 0 Å². The largest absolute Gasteiger partial charge is 0.394 e. The summed E-state index contributed by atoms with van der Waals surface area (Å²) in [6.45, 7) is -0.890. The minimum Gasteiger partial charge on any atom is -0.394 e. The number of ether oxygens (including phenoxy) is 3. The van der Waals surface area contributed by atoms with Crippen LogP contribution in [0.5, 0.6) is 0 Å². The lowest BCUT2D eigenvalue weighted by molar-refractivity contribution is -0.297. The van der Waals surface area contributed by atoms with Crippen LogP contribution < -0.4 is 0 Å². The molecule has 0 unspecified atom stereocenters. The van der Waals surface area contributed by atoms with Gasteiger partial charge in [0.15, 0.2) is 12.6 Å². The molecule has 0 aromatic rings. The van der Waals surface area contributed by atoms with E-state index in [9.17, 15) is 30.6 Å². The number of hydrogen-bond acceptors (Lipinski definition) is 10. The summed E-state index contributed by atoms with van der Waals surface area (Å²) in [5, 5.41) is 66.0. The number of aliphatic hydroxyl groups excluding tert-OH is 7. The summed E-state index contributed by atoms with van der Waals surface area (Å²) < 4.78 is 15.1. The van der Waals surface area contributed by atoms with Gasteiger partial charge in [-0.2, -0.15) is 0 Å². The molecule has 0 spiro atoms. The van der Waals surface area contributed by atoms with Crippen molar-refractivity contribution in [3.63, 3.8) is 0 Å². The molecule has 2 saturated heterocycles. The Labute approximate surface area is 119 Å². The van der Waals surface area contributed by atoms with Crippen molar-refractivity contribution in [1.29, 1.82) is 0 Å². The van der Waals surface area contributed by atoms with Gasteiger partial charge in [-0.25, -0.2) is 0 Å². The highest BCUT2D eigenvalue weighted by Gasteiger charge is 2.46. The second-order valence-corrected chi connectivity index (χ2v) is 5.08. The van der Waals surface area contributed by atoms with E-state index in [0.717, 1.165) is 0 Å². The summed E-state index contributed by atoms with van der Waals surface area (Å²) in [5.74, 6) is 0. The molecule has 0 amide bonds. The molecule has 2 aliphatic heterocycles. The van der Waals surface area contributed by atoms with Crippen molar-refractivity contribution < 1.29 is 50.0 Å². The molecule has 2 rings (SSSR count). The highest BCUT2D eigenvalue weighted by Crippen LogP contribution is 2.24. The molecule has 0 aromatic heterocycles. The van der Waals surface area contributed by atoms with Gasteiger partial charge in [0.25, 0.3) is 0 Å². The molecule has 10 nitrogen and oxygen atoms in total. The van der Waals surface area contributed by atoms with E-state index in [1.54, 1.807) is 0 Å². The maximum Gasteiger partial charge on any atom is 0.186 e. The fourth-order valence-corrected chi connectivity index (χ4v) is 2.26. The van der Waals surface area contributed by atoms with Crippen LogP contribution in [0.1, 0.15) is 0 Å². The summed E-state index contributed by atoms with van der Waals surface area (Å²) in [7, 11) is 0. The normalized spacial score (nSPS) is 51.3. The lowest BCUT2D eigenvalue weighted by Crippen LogP contribution is -2.58. The first kappa shape index (κ1) is 17.0. The zero-order valence-electron chi connectivity index (χ0n) is 11.0. The second-order valence-electron chi connectivity index (χ2n) is 5.08. The first-order valence-electron chi connectivity index (χ1n) is 6.48. The third kappa shape index (κ3) is 3.35. The standard InChI is InChI=1S/C11H20O10/c12-1-3-5(13)9(17)11(21-3)19-2-4-6(14)7(15)8(16)10(18)20-4/h3-18H,1-2H2/t3-,4+,5-,6-,7-,8+,9+,10+,11+/m0/s1. The summed E-state index contributed by atoms with van der Waals surface area (Å²) in [6.07, 6.45) is -12.6. The molecule has 2 aliphatic rings. The Hall–Kier alpha value is -0.400. The monoisotopic (exact) mass is 312 g/mol.